The van der Waals surface area contributed by atoms with Crippen LogP contribution >= 0.6 is 11.6 Å². The number of hydrogen-bond acceptors (Lipinski definition) is 4. The minimum Gasteiger partial charge on any atom is -0.507 e. The Morgan fingerprint density at radius 1 is 1.08 bits per heavy atom. The predicted octanol–water partition coefficient (Wildman–Crippen LogP) is 2.59. The van der Waals surface area contributed by atoms with E-state index in [4.69, 9.17) is 16.3 Å². The summed E-state index contributed by atoms with van der Waals surface area (Å²) in [5.41, 5.74) is 1.96. The SMILES string of the molecule is Cc1cc(OCC(=O)NCCNC(=O)c2ccccc2O)cc(C)c1Cl. The third-order valence-electron chi connectivity index (χ3n) is 3.66. The Morgan fingerprint density at radius 3 is 2.35 bits per heavy atom. The quantitative estimate of drug-likeness (QED) is 0.648. The van der Waals surface area contributed by atoms with Crippen molar-refractivity contribution >= 4 is 23.4 Å². The van der Waals surface area contributed by atoms with E-state index in [1.54, 1.807) is 24.3 Å². The summed E-state index contributed by atoms with van der Waals surface area (Å²) in [6.07, 6.45) is 0. The van der Waals surface area contributed by atoms with Gasteiger partial charge in [-0.05, 0) is 49.2 Å². The molecule has 26 heavy (non-hydrogen) atoms. The zero-order valence-electron chi connectivity index (χ0n) is 14.6. The second-order valence-electron chi connectivity index (χ2n) is 5.78. The van der Waals surface area contributed by atoms with E-state index in [2.05, 4.69) is 10.6 Å². The van der Waals surface area contributed by atoms with E-state index in [1.165, 1.54) is 12.1 Å². The van der Waals surface area contributed by atoms with Crippen molar-refractivity contribution in [3.8, 4) is 11.5 Å². The third-order valence-corrected chi connectivity index (χ3v) is 4.26. The lowest BCUT2D eigenvalue weighted by molar-refractivity contribution is -0.123. The highest BCUT2D eigenvalue weighted by molar-refractivity contribution is 6.32. The number of para-hydroxylation sites is 1. The molecule has 0 bridgehead atoms. The molecule has 0 atom stereocenters. The fraction of sp³-hybridized carbons (Fsp3) is 0.263. The van der Waals surface area contributed by atoms with Crippen molar-refractivity contribution in [1.82, 2.24) is 10.6 Å². The summed E-state index contributed by atoms with van der Waals surface area (Å²) in [7, 11) is 0. The molecular formula is C19H21ClN2O4. The number of phenols is 1. The molecule has 6 nitrogen and oxygen atoms in total. The number of rotatable bonds is 7. The van der Waals surface area contributed by atoms with Crippen LogP contribution in [0.4, 0.5) is 0 Å². The van der Waals surface area contributed by atoms with Crippen LogP contribution in [0.25, 0.3) is 0 Å². The molecule has 0 radical (unpaired) electrons. The van der Waals surface area contributed by atoms with Gasteiger partial charge in [0.05, 0.1) is 5.56 Å². The average Bonchev–Trinajstić information content (AvgIpc) is 2.61. The van der Waals surface area contributed by atoms with Crippen LogP contribution in [-0.4, -0.2) is 36.6 Å². The van der Waals surface area contributed by atoms with Gasteiger partial charge in [0, 0.05) is 18.1 Å². The van der Waals surface area contributed by atoms with Gasteiger partial charge in [0.1, 0.15) is 11.5 Å². The van der Waals surface area contributed by atoms with Crippen molar-refractivity contribution in [2.45, 2.75) is 13.8 Å². The fourth-order valence-corrected chi connectivity index (χ4v) is 2.44. The van der Waals surface area contributed by atoms with Crippen molar-refractivity contribution < 1.29 is 19.4 Å². The van der Waals surface area contributed by atoms with E-state index in [9.17, 15) is 14.7 Å². The number of benzene rings is 2. The Labute approximate surface area is 157 Å². The standard InChI is InChI=1S/C19H21ClN2O4/c1-12-9-14(10-13(2)18(12)20)26-11-17(24)21-7-8-22-19(25)15-5-3-4-6-16(15)23/h3-6,9-10,23H,7-8,11H2,1-2H3,(H,21,24)(H,22,25). The van der Waals surface area contributed by atoms with Gasteiger partial charge in [-0.1, -0.05) is 23.7 Å². The normalized spacial score (nSPS) is 10.3. The van der Waals surface area contributed by atoms with Crippen LogP contribution in [0.5, 0.6) is 11.5 Å². The minimum absolute atomic E-state index is 0.0870. The molecule has 0 spiro atoms. The molecule has 3 N–H and O–H groups in total. The van der Waals surface area contributed by atoms with Crippen molar-refractivity contribution in [2.75, 3.05) is 19.7 Å². The molecule has 2 aromatic rings. The summed E-state index contributed by atoms with van der Waals surface area (Å²) in [6, 6.07) is 9.80. The molecule has 0 heterocycles. The lowest BCUT2D eigenvalue weighted by atomic mass is 10.1. The molecule has 0 saturated carbocycles. The Morgan fingerprint density at radius 2 is 1.69 bits per heavy atom. The van der Waals surface area contributed by atoms with Crippen LogP contribution in [0, 0.1) is 13.8 Å². The number of aromatic hydroxyl groups is 1. The van der Waals surface area contributed by atoms with Gasteiger partial charge in [-0.2, -0.15) is 0 Å². The van der Waals surface area contributed by atoms with Crippen molar-refractivity contribution in [3.05, 3.63) is 58.1 Å². The summed E-state index contributed by atoms with van der Waals surface area (Å²) in [4.78, 5) is 23.7. The van der Waals surface area contributed by atoms with Gasteiger partial charge in [0.15, 0.2) is 6.61 Å². The van der Waals surface area contributed by atoms with Gasteiger partial charge in [-0.15, -0.1) is 0 Å². The molecular weight excluding hydrogens is 356 g/mol. The number of ether oxygens (including phenoxy) is 1. The fourth-order valence-electron chi connectivity index (χ4n) is 2.33. The maximum absolute atomic E-state index is 11.9. The zero-order chi connectivity index (χ0) is 19.1. The van der Waals surface area contributed by atoms with Gasteiger partial charge in [0.25, 0.3) is 11.8 Å². The van der Waals surface area contributed by atoms with Crippen LogP contribution in [-0.2, 0) is 4.79 Å². The molecule has 0 unspecified atom stereocenters. The Bertz CT molecular complexity index is 785. The molecule has 0 aliphatic rings. The highest BCUT2D eigenvalue weighted by Gasteiger charge is 2.10. The smallest absolute Gasteiger partial charge is 0.258 e. The first-order chi connectivity index (χ1) is 12.4. The number of halogens is 1. The van der Waals surface area contributed by atoms with Gasteiger partial charge >= 0.3 is 0 Å². The maximum Gasteiger partial charge on any atom is 0.258 e. The second kappa shape index (κ2) is 9.10. The van der Waals surface area contributed by atoms with Gasteiger partial charge < -0.3 is 20.5 Å². The highest BCUT2D eigenvalue weighted by atomic mass is 35.5. The summed E-state index contributed by atoms with van der Waals surface area (Å²) in [6.45, 7) is 4.09. The third kappa shape index (κ3) is 5.39. The van der Waals surface area contributed by atoms with Crippen LogP contribution in [0.3, 0.4) is 0 Å². The van der Waals surface area contributed by atoms with E-state index in [1.807, 2.05) is 13.8 Å². The summed E-state index contributed by atoms with van der Waals surface area (Å²) in [5.74, 6) is -0.212. The first-order valence-electron chi connectivity index (χ1n) is 8.11. The monoisotopic (exact) mass is 376 g/mol. The largest absolute Gasteiger partial charge is 0.507 e. The number of phenolic OH excluding ortho intramolecular Hbond substituents is 1. The molecule has 0 fully saturated rings. The zero-order valence-corrected chi connectivity index (χ0v) is 15.4. The van der Waals surface area contributed by atoms with Crippen LogP contribution in [0.1, 0.15) is 21.5 Å². The lowest BCUT2D eigenvalue weighted by Gasteiger charge is -2.11. The number of amides is 2. The van der Waals surface area contributed by atoms with E-state index in [-0.39, 0.29) is 36.9 Å². The van der Waals surface area contributed by atoms with Gasteiger partial charge in [0.2, 0.25) is 0 Å². The molecule has 2 rings (SSSR count). The highest BCUT2D eigenvalue weighted by Crippen LogP contribution is 2.25. The van der Waals surface area contributed by atoms with E-state index < -0.39 is 5.91 Å². The molecule has 2 aromatic carbocycles. The van der Waals surface area contributed by atoms with Crippen molar-refractivity contribution in [1.29, 1.82) is 0 Å². The van der Waals surface area contributed by atoms with Crippen molar-refractivity contribution in [2.24, 2.45) is 0 Å². The summed E-state index contributed by atoms with van der Waals surface area (Å²) in [5, 5.41) is 15.6. The summed E-state index contributed by atoms with van der Waals surface area (Å²) < 4.78 is 5.46. The van der Waals surface area contributed by atoms with Crippen LogP contribution in [0.2, 0.25) is 5.02 Å². The van der Waals surface area contributed by atoms with Crippen LogP contribution in [0.15, 0.2) is 36.4 Å². The lowest BCUT2D eigenvalue weighted by Crippen LogP contribution is -2.36. The Kier molecular flexibility index (Phi) is 6.86. The first-order valence-corrected chi connectivity index (χ1v) is 8.48. The number of hydrogen-bond donors (Lipinski definition) is 3. The van der Waals surface area contributed by atoms with E-state index in [0.717, 1.165) is 11.1 Å². The van der Waals surface area contributed by atoms with Crippen molar-refractivity contribution in [3.63, 3.8) is 0 Å². The first kappa shape index (κ1) is 19.6. The van der Waals surface area contributed by atoms with Gasteiger partial charge in [-0.25, -0.2) is 0 Å². The van der Waals surface area contributed by atoms with E-state index in [0.29, 0.717) is 10.8 Å². The molecule has 138 valence electrons. The molecule has 0 saturated heterocycles. The number of nitrogens with one attached hydrogen (secondary N) is 2. The van der Waals surface area contributed by atoms with Crippen LogP contribution < -0.4 is 15.4 Å². The topological polar surface area (TPSA) is 87.7 Å². The molecule has 0 aromatic heterocycles. The maximum atomic E-state index is 11.9. The molecule has 0 aliphatic carbocycles. The van der Waals surface area contributed by atoms with E-state index >= 15 is 0 Å². The molecule has 0 aliphatic heterocycles. The molecule has 7 heteroatoms. The minimum atomic E-state index is -0.402. The predicted molar refractivity (Wildman–Crippen MR) is 99.9 cm³/mol. The second-order valence-corrected chi connectivity index (χ2v) is 6.16. The number of carbonyl (C=O) groups excluding carboxylic acids is 2. The molecule has 2 amide bonds. The number of carbonyl (C=O) groups is 2. The summed E-state index contributed by atoms with van der Waals surface area (Å²) >= 11 is 6.09. The Hall–Kier alpha value is -2.73. The Balaban J connectivity index is 1.71. The average molecular weight is 377 g/mol. The van der Waals surface area contributed by atoms with Gasteiger partial charge in [-0.3, -0.25) is 9.59 Å². The number of aryl methyl sites for hydroxylation is 2.